The van der Waals surface area contributed by atoms with Crippen molar-refractivity contribution in [2.75, 3.05) is 12.4 Å². The third-order valence-electron chi connectivity index (χ3n) is 4.37. The largest absolute Gasteiger partial charge is 0.497 e. The Morgan fingerprint density at radius 1 is 1.16 bits per heavy atom. The number of hydrogen-bond acceptors (Lipinski definition) is 3. The van der Waals surface area contributed by atoms with Gasteiger partial charge in [-0.3, -0.25) is 9.78 Å². The minimum Gasteiger partial charge on any atom is -0.497 e. The summed E-state index contributed by atoms with van der Waals surface area (Å²) in [6, 6.07) is 15.3. The van der Waals surface area contributed by atoms with E-state index in [1.165, 1.54) is 0 Å². The number of amides is 1. The summed E-state index contributed by atoms with van der Waals surface area (Å²) >= 11 is 0. The molecule has 2 aromatic heterocycles. The molecule has 0 unspecified atom stereocenters. The maximum atomic E-state index is 12.8. The number of carbonyl (C=O) groups is 1. The van der Waals surface area contributed by atoms with E-state index < -0.39 is 0 Å². The maximum Gasteiger partial charge on any atom is 0.272 e. The van der Waals surface area contributed by atoms with Gasteiger partial charge in [-0.1, -0.05) is 18.2 Å². The van der Waals surface area contributed by atoms with E-state index in [4.69, 9.17) is 4.74 Å². The summed E-state index contributed by atoms with van der Waals surface area (Å²) in [5.41, 5.74) is 3.79. The molecular formula is C20H17N3O2. The van der Waals surface area contributed by atoms with Crippen LogP contribution in [0.2, 0.25) is 0 Å². The Morgan fingerprint density at radius 2 is 2.00 bits per heavy atom. The molecule has 5 heteroatoms. The van der Waals surface area contributed by atoms with Crippen LogP contribution in [0.1, 0.15) is 16.1 Å². The van der Waals surface area contributed by atoms with Crippen molar-refractivity contribution in [3.8, 4) is 5.75 Å². The molecule has 0 saturated carbocycles. The maximum absolute atomic E-state index is 12.8. The van der Waals surface area contributed by atoms with Gasteiger partial charge in [0.15, 0.2) is 0 Å². The Labute approximate surface area is 144 Å². The SMILES string of the molecule is COc1ccc2[nH]c(C(=O)Nc3cccc4cccnc34)c(C)c2c1. The highest BCUT2D eigenvalue weighted by atomic mass is 16.5. The van der Waals surface area contributed by atoms with Crippen molar-refractivity contribution in [3.63, 3.8) is 0 Å². The second-order valence-electron chi connectivity index (χ2n) is 5.87. The highest BCUT2D eigenvalue weighted by Gasteiger charge is 2.16. The first-order valence-electron chi connectivity index (χ1n) is 7.99. The van der Waals surface area contributed by atoms with Crippen molar-refractivity contribution in [2.45, 2.75) is 6.92 Å². The Balaban J connectivity index is 1.73. The summed E-state index contributed by atoms with van der Waals surface area (Å²) in [5.74, 6) is 0.575. The molecule has 0 aliphatic rings. The summed E-state index contributed by atoms with van der Waals surface area (Å²) in [7, 11) is 1.63. The number of nitrogens with one attached hydrogen (secondary N) is 2. The molecule has 0 atom stereocenters. The number of pyridine rings is 1. The Morgan fingerprint density at radius 3 is 2.84 bits per heavy atom. The highest BCUT2D eigenvalue weighted by Crippen LogP contribution is 2.27. The summed E-state index contributed by atoms with van der Waals surface area (Å²) in [5, 5.41) is 4.93. The van der Waals surface area contributed by atoms with Crippen LogP contribution in [0.5, 0.6) is 5.75 Å². The van der Waals surface area contributed by atoms with Crippen molar-refractivity contribution in [1.29, 1.82) is 0 Å². The lowest BCUT2D eigenvalue weighted by molar-refractivity contribution is 0.102. The van der Waals surface area contributed by atoms with Gasteiger partial charge in [-0.05, 0) is 42.8 Å². The predicted octanol–water partition coefficient (Wildman–Crippen LogP) is 4.29. The number of aryl methyl sites for hydroxylation is 1. The van der Waals surface area contributed by atoms with Gasteiger partial charge in [0.1, 0.15) is 11.4 Å². The molecule has 0 radical (unpaired) electrons. The summed E-state index contributed by atoms with van der Waals surface area (Å²) in [6.45, 7) is 1.93. The van der Waals surface area contributed by atoms with Gasteiger partial charge in [-0.25, -0.2) is 0 Å². The van der Waals surface area contributed by atoms with Gasteiger partial charge < -0.3 is 15.0 Å². The smallest absolute Gasteiger partial charge is 0.272 e. The van der Waals surface area contributed by atoms with Crippen LogP contribution >= 0.6 is 0 Å². The van der Waals surface area contributed by atoms with Crippen molar-refractivity contribution >= 4 is 33.4 Å². The van der Waals surface area contributed by atoms with E-state index in [2.05, 4.69) is 15.3 Å². The van der Waals surface area contributed by atoms with E-state index in [9.17, 15) is 4.79 Å². The van der Waals surface area contributed by atoms with Crippen molar-refractivity contribution < 1.29 is 9.53 Å². The molecule has 2 heterocycles. The van der Waals surface area contributed by atoms with Gasteiger partial charge in [0.25, 0.3) is 5.91 Å². The monoisotopic (exact) mass is 331 g/mol. The molecule has 0 bridgehead atoms. The number of para-hydroxylation sites is 1. The lowest BCUT2D eigenvalue weighted by Gasteiger charge is -2.07. The first-order valence-corrected chi connectivity index (χ1v) is 7.99. The molecule has 4 rings (SSSR count). The number of H-pyrrole nitrogens is 1. The first kappa shape index (κ1) is 15.2. The highest BCUT2D eigenvalue weighted by molar-refractivity contribution is 6.10. The lowest BCUT2D eigenvalue weighted by atomic mass is 10.1. The van der Waals surface area contributed by atoms with Gasteiger partial charge in [-0.2, -0.15) is 0 Å². The van der Waals surface area contributed by atoms with Crippen molar-refractivity contribution in [2.24, 2.45) is 0 Å². The zero-order chi connectivity index (χ0) is 17.4. The lowest BCUT2D eigenvalue weighted by Crippen LogP contribution is -2.14. The number of fused-ring (bicyclic) bond motifs is 2. The number of anilines is 1. The molecule has 124 valence electrons. The Kier molecular flexibility index (Phi) is 3.61. The number of carbonyl (C=O) groups excluding carboxylic acids is 1. The van der Waals surface area contributed by atoms with Gasteiger partial charge in [-0.15, -0.1) is 0 Å². The summed E-state index contributed by atoms with van der Waals surface area (Å²) < 4.78 is 5.27. The molecular weight excluding hydrogens is 314 g/mol. The molecule has 2 N–H and O–H groups in total. The molecule has 0 saturated heterocycles. The second-order valence-corrected chi connectivity index (χ2v) is 5.87. The summed E-state index contributed by atoms with van der Waals surface area (Å²) in [6.07, 6.45) is 1.72. The third-order valence-corrected chi connectivity index (χ3v) is 4.37. The fourth-order valence-corrected chi connectivity index (χ4v) is 3.05. The number of methoxy groups -OCH3 is 1. The molecule has 0 aliphatic carbocycles. The van der Waals surface area contributed by atoms with Gasteiger partial charge in [0, 0.05) is 22.5 Å². The molecule has 0 aliphatic heterocycles. The van der Waals surface area contributed by atoms with Crippen LogP contribution in [0.25, 0.3) is 21.8 Å². The molecule has 25 heavy (non-hydrogen) atoms. The fourth-order valence-electron chi connectivity index (χ4n) is 3.05. The van der Waals surface area contributed by atoms with E-state index in [1.807, 2.05) is 55.5 Å². The molecule has 1 amide bonds. The van der Waals surface area contributed by atoms with Crippen molar-refractivity contribution in [1.82, 2.24) is 9.97 Å². The quantitative estimate of drug-likeness (QED) is 0.588. The van der Waals surface area contributed by atoms with E-state index in [1.54, 1.807) is 13.3 Å². The van der Waals surface area contributed by atoms with Crippen LogP contribution < -0.4 is 10.1 Å². The average Bonchev–Trinajstić information content (AvgIpc) is 2.98. The minimum absolute atomic E-state index is 0.189. The molecule has 2 aromatic carbocycles. The minimum atomic E-state index is -0.189. The van der Waals surface area contributed by atoms with Crippen LogP contribution in [0.4, 0.5) is 5.69 Å². The van der Waals surface area contributed by atoms with E-state index in [0.717, 1.165) is 33.1 Å². The number of aromatic amines is 1. The van der Waals surface area contributed by atoms with E-state index >= 15 is 0 Å². The molecule has 4 aromatic rings. The second kappa shape index (κ2) is 5.94. The zero-order valence-corrected chi connectivity index (χ0v) is 14.0. The standard InChI is InChI=1S/C20H17N3O2/c1-12-15-11-14(25-2)8-9-16(15)22-18(12)20(24)23-17-7-3-5-13-6-4-10-21-19(13)17/h3-11,22H,1-2H3,(H,23,24). The van der Waals surface area contributed by atoms with Crippen molar-refractivity contribution in [3.05, 3.63) is 66.0 Å². The van der Waals surface area contributed by atoms with E-state index in [-0.39, 0.29) is 5.91 Å². The molecule has 5 nitrogen and oxygen atoms in total. The number of hydrogen-bond donors (Lipinski definition) is 2. The summed E-state index contributed by atoms with van der Waals surface area (Å²) in [4.78, 5) is 20.4. The third kappa shape index (κ3) is 2.59. The first-order chi connectivity index (χ1) is 12.2. The number of benzene rings is 2. The van der Waals surface area contributed by atoms with Gasteiger partial charge >= 0.3 is 0 Å². The van der Waals surface area contributed by atoms with Crippen LogP contribution in [-0.2, 0) is 0 Å². The average molecular weight is 331 g/mol. The topological polar surface area (TPSA) is 67.0 Å². The molecule has 0 spiro atoms. The van der Waals surface area contributed by atoms with Gasteiger partial charge in [0.05, 0.1) is 18.3 Å². The molecule has 0 fully saturated rings. The van der Waals surface area contributed by atoms with Crippen LogP contribution in [-0.4, -0.2) is 23.0 Å². The fraction of sp³-hybridized carbons (Fsp3) is 0.100. The normalized spacial score (nSPS) is 11.0. The van der Waals surface area contributed by atoms with Crippen LogP contribution in [0.15, 0.2) is 54.7 Å². The van der Waals surface area contributed by atoms with Gasteiger partial charge in [0.2, 0.25) is 0 Å². The number of nitrogens with zero attached hydrogens (tertiary/aromatic N) is 1. The Bertz CT molecular complexity index is 1090. The van der Waals surface area contributed by atoms with E-state index in [0.29, 0.717) is 11.4 Å². The number of rotatable bonds is 3. The number of ether oxygens (including phenoxy) is 1. The zero-order valence-electron chi connectivity index (χ0n) is 14.0. The predicted molar refractivity (Wildman–Crippen MR) is 99.3 cm³/mol. The van der Waals surface area contributed by atoms with Crippen LogP contribution in [0, 0.1) is 6.92 Å². The Hall–Kier alpha value is -3.34. The van der Waals surface area contributed by atoms with Crippen LogP contribution in [0.3, 0.4) is 0 Å². The number of aromatic nitrogens is 2.